The van der Waals surface area contributed by atoms with Crippen LogP contribution in [-0.4, -0.2) is 50.7 Å². The summed E-state index contributed by atoms with van der Waals surface area (Å²) in [6.07, 6.45) is 11.6. The summed E-state index contributed by atoms with van der Waals surface area (Å²) in [5.41, 5.74) is 5.47. The Kier molecular flexibility index (Phi) is 10.8. The van der Waals surface area contributed by atoms with Crippen LogP contribution in [0.5, 0.6) is 0 Å². The lowest BCUT2D eigenvalue weighted by Gasteiger charge is -2.21. The summed E-state index contributed by atoms with van der Waals surface area (Å²) in [5.74, 6) is 0.365. The Morgan fingerprint density at radius 3 is 2.26 bits per heavy atom. The van der Waals surface area contributed by atoms with Crippen LogP contribution in [-0.2, 0) is 9.59 Å². The summed E-state index contributed by atoms with van der Waals surface area (Å²) < 4.78 is 0. The molecule has 3 N–H and O–H groups in total. The number of nitrogens with two attached hydrogens (primary N) is 1. The van der Waals surface area contributed by atoms with E-state index in [1.807, 2.05) is 0 Å². The molecule has 2 radical (unpaired) electrons. The second-order valence-corrected chi connectivity index (χ2v) is 6.51. The van der Waals surface area contributed by atoms with E-state index in [2.05, 4.69) is 5.32 Å². The number of rotatable bonds is 8. The molecule has 23 heavy (non-hydrogen) atoms. The van der Waals surface area contributed by atoms with Gasteiger partial charge in [-0.15, -0.1) is 0 Å². The maximum Gasteiger partial charge on any atom is 0.239 e. The highest BCUT2D eigenvalue weighted by molar-refractivity contribution is 6.19. The number of hydrogen-bond donors (Lipinski definition) is 2. The minimum absolute atomic E-state index is 0.0535. The predicted octanol–water partition coefficient (Wildman–Crippen LogP) is 1.62. The molecular weight excluding hydrogens is 289 g/mol. The van der Waals surface area contributed by atoms with Crippen molar-refractivity contribution >= 4 is 19.7 Å². The third kappa shape index (κ3) is 8.99. The normalized spacial score (nSPS) is 16.9. The average molecular weight is 321 g/mol. The van der Waals surface area contributed by atoms with Crippen LogP contribution in [0.15, 0.2) is 0 Å². The fraction of sp³-hybridized carbons (Fsp3) is 0.882. The first-order valence-electron chi connectivity index (χ1n) is 9.12. The van der Waals surface area contributed by atoms with E-state index in [0.29, 0.717) is 19.6 Å². The zero-order valence-corrected chi connectivity index (χ0v) is 14.4. The fourth-order valence-electron chi connectivity index (χ4n) is 3.23. The highest BCUT2D eigenvalue weighted by atomic mass is 16.2. The molecule has 1 fully saturated rings. The Hall–Kier alpha value is -1.04. The topological polar surface area (TPSA) is 75.4 Å². The molecule has 2 amide bonds. The van der Waals surface area contributed by atoms with E-state index in [1.165, 1.54) is 56.3 Å². The van der Waals surface area contributed by atoms with Crippen molar-refractivity contribution in [2.75, 3.05) is 26.2 Å². The first kappa shape index (κ1) is 20.0. The summed E-state index contributed by atoms with van der Waals surface area (Å²) in [6.45, 7) is 1.45. The highest BCUT2D eigenvalue weighted by Crippen LogP contribution is 2.23. The smallest absolute Gasteiger partial charge is 0.239 e. The third-order valence-electron chi connectivity index (χ3n) is 4.61. The van der Waals surface area contributed by atoms with Crippen molar-refractivity contribution in [3.05, 3.63) is 0 Å². The largest absolute Gasteiger partial charge is 0.355 e. The Bertz CT molecular complexity index is 343. The molecule has 0 unspecified atom stereocenters. The number of nitrogens with one attached hydrogen (secondary N) is 1. The number of nitrogens with zero attached hydrogens (tertiary/aromatic N) is 1. The first-order chi connectivity index (χ1) is 11.2. The lowest BCUT2D eigenvalue weighted by Crippen LogP contribution is -2.43. The molecule has 130 valence electrons. The van der Waals surface area contributed by atoms with Gasteiger partial charge in [0.1, 0.15) is 0 Å². The lowest BCUT2D eigenvalue weighted by atomic mass is 9.94. The van der Waals surface area contributed by atoms with Crippen LogP contribution in [0.2, 0.25) is 6.32 Å². The van der Waals surface area contributed by atoms with Crippen LogP contribution in [0.25, 0.3) is 0 Å². The molecule has 1 aliphatic carbocycles. The Balaban J connectivity index is 2.26. The van der Waals surface area contributed by atoms with Crippen molar-refractivity contribution < 1.29 is 9.59 Å². The molecule has 6 heteroatoms. The van der Waals surface area contributed by atoms with Gasteiger partial charge in [0.05, 0.1) is 14.4 Å². The zero-order chi connectivity index (χ0) is 16.9. The minimum atomic E-state index is -0.234. The van der Waals surface area contributed by atoms with Crippen LogP contribution in [0.1, 0.15) is 57.8 Å². The molecule has 0 aromatic heterocycles. The Morgan fingerprint density at radius 2 is 1.70 bits per heavy atom. The summed E-state index contributed by atoms with van der Waals surface area (Å²) in [4.78, 5) is 25.0. The SMILES string of the molecule is [B]CC(=O)N(CCN)CC(=O)NCCC1CCCCCCCC1. The molecule has 0 aliphatic heterocycles. The molecule has 0 aromatic rings. The highest BCUT2D eigenvalue weighted by Gasteiger charge is 2.15. The van der Waals surface area contributed by atoms with Gasteiger partial charge in [-0.3, -0.25) is 9.59 Å². The molecule has 0 atom stereocenters. The average Bonchev–Trinajstić information content (AvgIpc) is 2.67. The van der Waals surface area contributed by atoms with Crippen LogP contribution >= 0.6 is 0 Å². The van der Waals surface area contributed by atoms with Gasteiger partial charge in [-0.25, -0.2) is 0 Å². The second kappa shape index (κ2) is 12.4. The van der Waals surface area contributed by atoms with E-state index in [-0.39, 0.29) is 24.7 Å². The number of carbonyl (C=O) groups excluding carboxylic acids is 2. The predicted molar refractivity (Wildman–Crippen MR) is 94.2 cm³/mol. The number of amides is 2. The van der Waals surface area contributed by atoms with Gasteiger partial charge in [0.15, 0.2) is 0 Å². The van der Waals surface area contributed by atoms with Gasteiger partial charge in [-0.1, -0.05) is 51.4 Å². The first-order valence-corrected chi connectivity index (χ1v) is 9.12. The van der Waals surface area contributed by atoms with E-state index in [1.54, 1.807) is 0 Å². The van der Waals surface area contributed by atoms with E-state index in [0.717, 1.165) is 12.3 Å². The van der Waals surface area contributed by atoms with Crippen molar-refractivity contribution in [2.24, 2.45) is 11.7 Å². The van der Waals surface area contributed by atoms with Gasteiger partial charge < -0.3 is 16.0 Å². The lowest BCUT2D eigenvalue weighted by molar-refractivity contribution is -0.134. The summed E-state index contributed by atoms with van der Waals surface area (Å²) in [7, 11) is 5.35. The van der Waals surface area contributed by atoms with Gasteiger partial charge in [0, 0.05) is 19.6 Å². The van der Waals surface area contributed by atoms with Crippen LogP contribution in [0.4, 0.5) is 0 Å². The van der Waals surface area contributed by atoms with Gasteiger partial charge in [0.25, 0.3) is 0 Å². The van der Waals surface area contributed by atoms with Crippen LogP contribution < -0.4 is 11.1 Å². The van der Waals surface area contributed by atoms with E-state index >= 15 is 0 Å². The van der Waals surface area contributed by atoms with Crippen molar-refractivity contribution in [2.45, 2.75) is 64.1 Å². The molecule has 0 bridgehead atoms. The standard InChI is InChI=1S/C17H32BN3O2/c18-13-17(23)21(12-10-19)14-16(22)20-11-9-15-7-5-3-1-2-4-6-8-15/h15H,1-14,19H2,(H,20,22). The molecule has 0 spiro atoms. The zero-order valence-electron chi connectivity index (χ0n) is 14.4. The van der Waals surface area contributed by atoms with E-state index < -0.39 is 0 Å². The fourth-order valence-corrected chi connectivity index (χ4v) is 3.23. The molecule has 5 nitrogen and oxygen atoms in total. The van der Waals surface area contributed by atoms with Crippen LogP contribution in [0, 0.1) is 5.92 Å². The van der Waals surface area contributed by atoms with Gasteiger partial charge >= 0.3 is 0 Å². The van der Waals surface area contributed by atoms with Gasteiger partial charge in [0.2, 0.25) is 11.8 Å². The summed E-state index contributed by atoms with van der Waals surface area (Å²) in [6, 6.07) is 0. The molecule has 0 aromatic carbocycles. The third-order valence-corrected chi connectivity index (χ3v) is 4.61. The molecule has 0 saturated heterocycles. The van der Waals surface area contributed by atoms with Crippen LogP contribution in [0.3, 0.4) is 0 Å². The Morgan fingerprint density at radius 1 is 1.09 bits per heavy atom. The second-order valence-electron chi connectivity index (χ2n) is 6.51. The van der Waals surface area contributed by atoms with Crippen molar-refractivity contribution in [3.8, 4) is 0 Å². The van der Waals surface area contributed by atoms with E-state index in [4.69, 9.17) is 13.6 Å². The van der Waals surface area contributed by atoms with Gasteiger partial charge in [-0.2, -0.15) is 0 Å². The number of carbonyl (C=O) groups is 2. The molecular formula is C17H32BN3O2. The summed E-state index contributed by atoms with van der Waals surface area (Å²) >= 11 is 0. The molecule has 1 rings (SSSR count). The monoisotopic (exact) mass is 321 g/mol. The molecule has 1 saturated carbocycles. The minimum Gasteiger partial charge on any atom is -0.355 e. The Labute approximate surface area is 142 Å². The van der Waals surface area contributed by atoms with Gasteiger partial charge in [-0.05, 0) is 18.7 Å². The quantitative estimate of drug-likeness (QED) is 0.667. The van der Waals surface area contributed by atoms with Crippen molar-refractivity contribution in [3.63, 3.8) is 0 Å². The molecule has 1 aliphatic rings. The van der Waals surface area contributed by atoms with E-state index in [9.17, 15) is 9.59 Å². The summed E-state index contributed by atoms with van der Waals surface area (Å²) in [5, 5.41) is 2.94. The maximum absolute atomic E-state index is 12.0. The van der Waals surface area contributed by atoms with Crippen molar-refractivity contribution in [1.29, 1.82) is 0 Å². The maximum atomic E-state index is 12.0. The molecule has 0 heterocycles. The number of hydrogen-bond acceptors (Lipinski definition) is 3. The van der Waals surface area contributed by atoms with Crippen molar-refractivity contribution in [1.82, 2.24) is 10.2 Å².